The summed E-state index contributed by atoms with van der Waals surface area (Å²) in [7, 11) is 0. The zero-order valence-corrected chi connectivity index (χ0v) is 28.2. The predicted octanol–water partition coefficient (Wildman–Crippen LogP) is 13.7. The molecule has 10 rings (SSSR count). The molecule has 50 heavy (non-hydrogen) atoms. The van der Waals surface area contributed by atoms with E-state index in [-0.39, 0.29) is 5.41 Å². The van der Waals surface area contributed by atoms with Crippen LogP contribution in [0.2, 0.25) is 0 Å². The van der Waals surface area contributed by atoms with Gasteiger partial charge in [0.1, 0.15) is 0 Å². The molecule has 0 aliphatic heterocycles. The number of hydrogen-bond donors (Lipinski definition) is 0. The Balaban J connectivity index is 1.27. The van der Waals surface area contributed by atoms with Crippen LogP contribution in [0.25, 0.3) is 65.3 Å². The van der Waals surface area contributed by atoms with E-state index < -0.39 is 0 Å². The van der Waals surface area contributed by atoms with Gasteiger partial charge in [-0.1, -0.05) is 153 Å². The lowest BCUT2D eigenvalue weighted by Gasteiger charge is -2.30. The lowest BCUT2D eigenvalue weighted by atomic mass is 9.82. The zero-order chi connectivity index (χ0) is 33.4. The first-order chi connectivity index (χ1) is 24.5. The third-order valence-corrected chi connectivity index (χ3v) is 11.0. The molecule has 0 aromatic heterocycles. The van der Waals surface area contributed by atoms with Crippen molar-refractivity contribution in [1.82, 2.24) is 0 Å². The van der Waals surface area contributed by atoms with Crippen molar-refractivity contribution in [3.05, 3.63) is 187 Å². The molecule has 0 unspecified atom stereocenters. The Morgan fingerprint density at radius 2 is 1.04 bits per heavy atom. The van der Waals surface area contributed by atoms with E-state index >= 15 is 0 Å². The minimum atomic E-state index is -0.112. The first-order valence-electron chi connectivity index (χ1n) is 17.5. The van der Waals surface area contributed by atoms with E-state index in [4.69, 9.17) is 0 Å². The molecule has 0 atom stereocenters. The molecule has 0 amide bonds. The summed E-state index contributed by atoms with van der Waals surface area (Å²) in [5.41, 5.74) is 11.2. The average molecular weight is 638 g/mol. The van der Waals surface area contributed by atoms with Gasteiger partial charge >= 0.3 is 0 Å². The van der Waals surface area contributed by atoms with Gasteiger partial charge in [0, 0.05) is 22.2 Å². The van der Waals surface area contributed by atoms with E-state index in [9.17, 15) is 0 Å². The molecule has 0 saturated carbocycles. The fraction of sp³-hybridized carbons (Fsp3) is 0.0612. The third kappa shape index (κ3) is 4.33. The summed E-state index contributed by atoms with van der Waals surface area (Å²) in [5, 5.41) is 10.0. The van der Waals surface area contributed by atoms with Crippen LogP contribution in [-0.2, 0) is 5.41 Å². The van der Waals surface area contributed by atoms with Crippen molar-refractivity contribution in [2.75, 3.05) is 4.90 Å². The van der Waals surface area contributed by atoms with E-state index in [1.54, 1.807) is 0 Å². The number of anilines is 3. The third-order valence-electron chi connectivity index (χ3n) is 11.0. The molecule has 1 aliphatic carbocycles. The van der Waals surface area contributed by atoms with Gasteiger partial charge in [-0.3, -0.25) is 0 Å². The SMILES string of the molecule is CC1(C)c2ccccc2-c2ccc(N(c3cccc(-c4ccc5ccccc5c4)c3)c3cc4ccccc4c4ccc5ccccc5c34)cc21. The van der Waals surface area contributed by atoms with Crippen LogP contribution in [-0.4, -0.2) is 0 Å². The van der Waals surface area contributed by atoms with Gasteiger partial charge in [0.15, 0.2) is 0 Å². The first kappa shape index (κ1) is 28.8. The van der Waals surface area contributed by atoms with Gasteiger partial charge in [0.2, 0.25) is 0 Å². The van der Waals surface area contributed by atoms with Crippen molar-refractivity contribution in [1.29, 1.82) is 0 Å². The standard InChI is InChI=1S/C49H35N/c1-49(2)45-21-10-9-20-42(45)43-27-25-39(31-46(43)49)50(38-17-11-16-35(29-38)36-23-22-32-12-3-4-14-34(32)28-36)47-30-37-15-6-7-18-40(37)44-26-24-33-13-5-8-19-41(33)48(44)47/h3-31H,1-2H3. The maximum atomic E-state index is 2.51. The van der Waals surface area contributed by atoms with Gasteiger partial charge in [-0.25, -0.2) is 0 Å². The van der Waals surface area contributed by atoms with Crippen LogP contribution in [0.4, 0.5) is 17.1 Å². The Morgan fingerprint density at radius 1 is 0.380 bits per heavy atom. The summed E-state index contributed by atoms with van der Waals surface area (Å²) in [6, 6.07) is 65.1. The Kier molecular flexibility index (Phi) is 6.29. The predicted molar refractivity (Wildman–Crippen MR) is 214 cm³/mol. The van der Waals surface area contributed by atoms with Gasteiger partial charge in [0.25, 0.3) is 0 Å². The number of benzene rings is 9. The van der Waals surface area contributed by atoms with Gasteiger partial charge < -0.3 is 4.90 Å². The highest BCUT2D eigenvalue weighted by molar-refractivity contribution is 6.23. The molecule has 1 nitrogen and oxygen atoms in total. The Bertz CT molecular complexity index is 2800. The molecule has 1 heteroatoms. The van der Waals surface area contributed by atoms with Gasteiger partial charge in [-0.2, -0.15) is 0 Å². The van der Waals surface area contributed by atoms with Gasteiger partial charge in [-0.15, -0.1) is 0 Å². The van der Waals surface area contributed by atoms with Crippen LogP contribution in [0, 0.1) is 0 Å². The van der Waals surface area contributed by atoms with Gasteiger partial charge in [0.05, 0.1) is 5.69 Å². The van der Waals surface area contributed by atoms with Crippen LogP contribution in [0.3, 0.4) is 0 Å². The highest BCUT2D eigenvalue weighted by atomic mass is 15.1. The molecular weight excluding hydrogens is 603 g/mol. The summed E-state index contributed by atoms with van der Waals surface area (Å²) in [4.78, 5) is 2.51. The lowest BCUT2D eigenvalue weighted by molar-refractivity contribution is 0.660. The van der Waals surface area contributed by atoms with Crippen molar-refractivity contribution < 1.29 is 0 Å². The summed E-state index contributed by atoms with van der Waals surface area (Å²) in [6.07, 6.45) is 0. The van der Waals surface area contributed by atoms with E-state index in [0.29, 0.717) is 0 Å². The average Bonchev–Trinajstić information content (AvgIpc) is 3.40. The van der Waals surface area contributed by atoms with Crippen LogP contribution in [0.1, 0.15) is 25.0 Å². The highest BCUT2D eigenvalue weighted by Gasteiger charge is 2.36. The van der Waals surface area contributed by atoms with Crippen molar-refractivity contribution in [2.45, 2.75) is 19.3 Å². The maximum Gasteiger partial charge on any atom is 0.0552 e. The number of nitrogens with zero attached hydrogens (tertiary/aromatic N) is 1. The summed E-state index contributed by atoms with van der Waals surface area (Å²) < 4.78 is 0. The Morgan fingerprint density at radius 3 is 1.92 bits per heavy atom. The molecule has 0 saturated heterocycles. The normalized spacial score (nSPS) is 13.2. The van der Waals surface area contributed by atoms with Crippen molar-refractivity contribution in [3.63, 3.8) is 0 Å². The largest absolute Gasteiger partial charge is 0.310 e. The van der Waals surface area contributed by atoms with Crippen LogP contribution in [0.5, 0.6) is 0 Å². The van der Waals surface area contributed by atoms with E-state index in [1.165, 1.54) is 82.2 Å². The van der Waals surface area contributed by atoms with E-state index in [2.05, 4.69) is 195 Å². The molecule has 0 bridgehead atoms. The smallest absolute Gasteiger partial charge is 0.0552 e. The minimum absolute atomic E-state index is 0.112. The zero-order valence-electron chi connectivity index (χ0n) is 28.2. The second-order valence-corrected chi connectivity index (χ2v) is 14.2. The van der Waals surface area contributed by atoms with Crippen molar-refractivity contribution in [3.8, 4) is 22.3 Å². The maximum absolute atomic E-state index is 2.51. The molecule has 0 N–H and O–H groups in total. The molecule has 0 spiro atoms. The molecule has 1 aliphatic rings. The van der Waals surface area contributed by atoms with E-state index in [1.807, 2.05) is 0 Å². The Hall–Kier alpha value is -6.18. The second-order valence-electron chi connectivity index (χ2n) is 14.2. The van der Waals surface area contributed by atoms with Crippen LogP contribution in [0.15, 0.2) is 176 Å². The number of hydrogen-bond acceptors (Lipinski definition) is 1. The Labute approximate surface area is 292 Å². The molecular formula is C49H35N. The van der Waals surface area contributed by atoms with Crippen LogP contribution < -0.4 is 4.90 Å². The molecule has 0 fully saturated rings. The van der Waals surface area contributed by atoms with Gasteiger partial charge in [-0.05, 0) is 107 Å². The summed E-state index contributed by atoms with van der Waals surface area (Å²) in [5.74, 6) is 0. The highest BCUT2D eigenvalue weighted by Crippen LogP contribution is 2.52. The van der Waals surface area contributed by atoms with Crippen molar-refractivity contribution in [2.24, 2.45) is 0 Å². The lowest BCUT2D eigenvalue weighted by Crippen LogP contribution is -2.16. The summed E-state index contributed by atoms with van der Waals surface area (Å²) >= 11 is 0. The molecule has 9 aromatic rings. The second kappa shape index (κ2) is 10.9. The fourth-order valence-corrected chi connectivity index (χ4v) is 8.49. The van der Waals surface area contributed by atoms with Crippen molar-refractivity contribution >= 4 is 60.2 Å². The monoisotopic (exact) mass is 637 g/mol. The first-order valence-corrected chi connectivity index (χ1v) is 17.5. The molecule has 0 heterocycles. The quantitative estimate of drug-likeness (QED) is 0.174. The number of rotatable bonds is 4. The van der Waals surface area contributed by atoms with Crippen LogP contribution >= 0.6 is 0 Å². The summed E-state index contributed by atoms with van der Waals surface area (Å²) in [6.45, 7) is 4.73. The molecule has 236 valence electrons. The minimum Gasteiger partial charge on any atom is -0.310 e. The topological polar surface area (TPSA) is 3.24 Å². The van der Waals surface area contributed by atoms with E-state index in [0.717, 1.165) is 11.4 Å². The molecule has 9 aromatic carbocycles. The molecule has 0 radical (unpaired) electrons. The fourth-order valence-electron chi connectivity index (χ4n) is 8.49. The number of fused-ring (bicyclic) bond motifs is 9.